The van der Waals surface area contributed by atoms with Crippen molar-refractivity contribution in [2.45, 2.75) is 13.8 Å². The lowest BCUT2D eigenvalue weighted by molar-refractivity contribution is -0.106. The quantitative estimate of drug-likeness (QED) is 0.125. The van der Waals surface area contributed by atoms with Crippen molar-refractivity contribution >= 4 is 49.5 Å². The molecule has 1 rings (SSSR count). The number of carbonyl (C=O) groups is 2. The van der Waals surface area contributed by atoms with E-state index in [0.717, 1.165) is 0 Å². The molecule has 0 spiro atoms. The Morgan fingerprint density at radius 2 is 1.74 bits per heavy atom. The van der Waals surface area contributed by atoms with Gasteiger partial charge in [0.05, 0.1) is 26.4 Å². The Balaban J connectivity index is 2.54. The number of carbonyl (C=O) groups excluding carboxylic acids is 2. The third-order valence-electron chi connectivity index (χ3n) is 2.66. The van der Waals surface area contributed by atoms with Crippen molar-refractivity contribution in [3.63, 3.8) is 0 Å². The van der Waals surface area contributed by atoms with E-state index in [4.69, 9.17) is 30.2 Å². The summed E-state index contributed by atoms with van der Waals surface area (Å²) in [7, 11) is -3.29. The van der Waals surface area contributed by atoms with Crippen molar-refractivity contribution in [1.29, 1.82) is 0 Å². The molecule has 2 amide bonds. The van der Waals surface area contributed by atoms with Crippen molar-refractivity contribution in [3.8, 4) is 0 Å². The third-order valence-corrected chi connectivity index (χ3v) is 4.73. The van der Waals surface area contributed by atoms with Crippen LogP contribution in [-0.4, -0.2) is 55.6 Å². The molecule has 14 heteroatoms. The van der Waals surface area contributed by atoms with Crippen molar-refractivity contribution in [2.24, 2.45) is 0 Å². The van der Waals surface area contributed by atoms with Gasteiger partial charge < -0.3 is 19.1 Å². The second-order valence-corrected chi connectivity index (χ2v) is 6.87. The zero-order valence-electron chi connectivity index (χ0n) is 14.8. The molecule has 0 aliphatic heterocycles. The predicted octanol–water partition coefficient (Wildman–Crippen LogP) is 1.85. The van der Waals surface area contributed by atoms with Crippen LogP contribution in [0.1, 0.15) is 13.8 Å². The number of nitrogens with one attached hydrogen (secondary N) is 3. The third kappa shape index (κ3) is 8.16. The van der Waals surface area contributed by atoms with Gasteiger partial charge in [-0.05, 0) is 13.8 Å². The van der Waals surface area contributed by atoms with E-state index in [1.54, 1.807) is 13.8 Å². The van der Waals surface area contributed by atoms with Crippen molar-refractivity contribution < 1.29 is 32.8 Å². The number of ether oxygens (including phenoxy) is 1. The lowest BCUT2D eigenvalue weighted by Gasteiger charge is -2.17. The standard InChI is InChI=1S/C13H21ClN5O7P/c1-3-25-27(22,26-4-2)9-23-5-6-24-19-12-10(15-7-20)11(14)17-13(18-12)16-8-21/h7-8H,3-6,9H2,1-2H3,(H,15,20)(H2,16,17,18,19,21). The number of hydrogen-bond donors (Lipinski definition) is 3. The number of anilines is 3. The van der Waals surface area contributed by atoms with Crippen molar-refractivity contribution in [2.75, 3.05) is 48.9 Å². The number of nitrogens with zero attached hydrogens (tertiary/aromatic N) is 2. The van der Waals surface area contributed by atoms with Crippen LogP contribution in [0.25, 0.3) is 0 Å². The second-order valence-electron chi connectivity index (χ2n) is 4.52. The second kappa shape index (κ2) is 12.5. The van der Waals surface area contributed by atoms with E-state index in [0.29, 0.717) is 12.8 Å². The summed E-state index contributed by atoms with van der Waals surface area (Å²) < 4.78 is 27.6. The topological polar surface area (TPSA) is 150 Å². The van der Waals surface area contributed by atoms with E-state index < -0.39 is 7.60 Å². The zero-order chi connectivity index (χ0) is 20.1. The van der Waals surface area contributed by atoms with E-state index in [-0.39, 0.29) is 55.4 Å². The molecule has 0 bridgehead atoms. The minimum Gasteiger partial charge on any atom is -0.366 e. The average Bonchev–Trinajstić information content (AvgIpc) is 2.61. The molecular formula is C13H21ClN5O7P. The van der Waals surface area contributed by atoms with Gasteiger partial charge in [-0.2, -0.15) is 9.97 Å². The molecule has 1 heterocycles. The Morgan fingerprint density at radius 3 is 2.33 bits per heavy atom. The van der Waals surface area contributed by atoms with Crippen LogP contribution < -0.4 is 16.1 Å². The molecule has 0 aromatic carbocycles. The number of halogens is 1. The highest BCUT2D eigenvalue weighted by Crippen LogP contribution is 2.47. The first-order chi connectivity index (χ1) is 13.0. The fraction of sp³-hybridized carbons (Fsp3) is 0.538. The van der Waals surface area contributed by atoms with Gasteiger partial charge in [0.15, 0.2) is 11.0 Å². The van der Waals surface area contributed by atoms with Crippen molar-refractivity contribution in [3.05, 3.63) is 5.15 Å². The first-order valence-corrected chi connectivity index (χ1v) is 9.91. The van der Waals surface area contributed by atoms with E-state index in [2.05, 4.69) is 26.1 Å². The van der Waals surface area contributed by atoms with Gasteiger partial charge in [0.1, 0.15) is 12.0 Å². The smallest absolute Gasteiger partial charge is 0.356 e. The van der Waals surface area contributed by atoms with Gasteiger partial charge in [-0.1, -0.05) is 11.6 Å². The minimum absolute atomic E-state index is 0.0146. The molecule has 0 fully saturated rings. The lowest BCUT2D eigenvalue weighted by atomic mass is 10.5. The molecule has 27 heavy (non-hydrogen) atoms. The molecule has 1 aromatic rings. The monoisotopic (exact) mass is 425 g/mol. The maximum Gasteiger partial charge on any atom is 0.356 e. The highest BCUT2D eigenvalue weighted by Gasteiger charge is 2.23. The summed E-state index contributed by atoms with van der Waals surface area (Å²) in [6.07, 6.45) is 0.527. The van der Waals surface area contributed by atoms with Crippen LogP contribution in [0, 0.1) is 0 Å². The largest absolute Gasteiger partial charge is 0.366 e. The molecule has 152 valence electrons. The van der Waals surface area contributed by atoms with Crippen LogP contribution in [0.15, 0.2) is 0 Å². The average molecular weight is 426 g/mol. The SMILES string of the molecule is CCOP(=O)(COCCONc1nc(NC=O)nc(Cl)c1NC=O)OCC. The first kappa shape index (κ1) is 23.2. The normalized spacial score (nSPS) is 11.1. The highest BCUT2D eigenvalue weighted by atomic mass is 35.5. The van der Waals surface area contributed by atoms with Crippen LogP contribution in [0.3, 0.4) is 0 Å². The molecule has 0 radical (unpaired) electrons. The van der Waals surface area contributed by atoms with Crippen LogP contribution >= 0.6 is 19.2 Å². The van der Waals surface area contributed by atoms with E-state index in [9.17, 15) is 14.2 Å². The van der Waals surface area contributed by atoms with Crippen LogP contribution in [0.4, 0.5) is 17.5 Å². The molecule has 1 aromatic heterocycles. The maximum atomic E-state index is 12.2. The molecule has 0 aliphatic rings. The molecule has 0 unspecified atom stereocenters. The van der Waals surface area contributed by atoms with Crippen LogP contribution in [0.5, 0.6) is 0 Å². The summed E-state index contributed by atoms with van der Waals surface area (Å²) >= 11 is 5.91. The molecule has 0 saturated heterocycles. The van der Waals surface area contributed by atoms with E-state index in [1.807, 2.05) is 0 Å². The Hall–Kier alpha value is -1.82. The van der Waals surface area contributed by atoms with Gasteiger partial charge in [0.25, 0.3) is 0 Å². The molecule has 0 atom stereocenters. The fourth-order valence-corrected chi connectivity index (χ4v) is 3.30. The van der Waals surface area contributed by atoms with Gasteiger partial charge in [0.2, 0.25) is 18.8 Å². The predicted molar refractivity (Wildman–Crippen MR) is 97.7 cm³/mol. The van der Waals surface area contributed by atoms with E-state index in [1.165, 1.54) is 0 Å². The van der Waals surface area contributed by atoms with Crippen molar-refractivity contribution in [1.82, 2.24) is 9.97 Å². The number of hydrogen-bond acceptors (Lipinski definition) is 10. The Kier molecular flexibility index (Phi) is 10.8. The van der Waals surface area contributed by atoms with Gasteiger partial charge in [-0.25, -0.2) is 5.48 Å². The van der Waals surface area contributed by atoms with E-state index >= 15 is 0 Å². The summed E-state index contributed by atoms with van der Waals surface area (Å²) in [6, 6.07) is 0. The number of rotatable bonds is 15. The Labute approximate surface area is 160 Å². The Morgan fingerprint density at radius 1 is 1.07 bits per heavy atom. The van der Waals surface area contributed by atoms with Gasteiger partial charge in [-0.3, -0.25) is 24.3 Å². The molecule has 0 saturated carbocycles. The maximum absolute atomic E-state index is 12.2. The van der Waals surface area contributed by atoms with Crippen LogP contribution in [-0.2, 0) is 32.8 Å². The zero-order valence-corrected chi connectivity index (χ0v) is 16.4. The minimum atomic E-state index is -3.29. The number of amides is 2. The lowest BCUT2D eigenvalue weighted by Crippen LogP contribution is -2.14. The summed E-state index contributed by atoms with van der Waals surface area (Å²) in [5.41, 5.74) is 2.52. The van der Waals surface area contributed by atoms with Crippen LogP contribution in [0.2, 0.25) is 5.15 Å². The molecular weight excluding hydrogens is 405 g/mol. The summed E-state index contributed by atoms with van der Waals surface area (Å²) in [6.45, 7) is 3.95. The molecule has 0 aliphatic carbocycles. The molecule has 3 N–H and O–H groups in total. The van der Waals surface area contributed by atoms with Gasteiger partial charge in [0, 0.05) is 0 Å². The Bertz CT molecular complexity index is 656. The molecule has 12 nitrogen and oxygen atoms in total. The number of aromatic nitrogens is 2. The van der Waals surface area contributed by atoms with Gasteiger partial charge >= 0.3 is 7.60 Å². The first-order valence-electron chi connectivity index (χ1n) is 7.81. The fourth-order valence-electron chi connectivity index (χ4n) is 1.71. The summed E-state index contributed by atoms with van der Waals surface area (Å²) in [5.74, 6) is -0.0797. The summed E-state index contributed by atoms with van der Waals surface area (Å²) in [5, 5.41) is 4.43. The summed E-state index contributed by atoms with van der Waals surface area (Å²) in [4.78, 5) is 34.0. The van der Waals surface area contributed by atoms with Gasteiger partial charge in [-0.15, -0.1) is 0 Å². The highest BCUT2D eigenvalue weighted by molar-refractivity contribution is 7.53.